The normalized spacial score (nSPS) is 22.8. The maximum Gasteiger partial charge on any atom is 0.416 e. The third-order valence-electron chi connectivity index (χ3n) is 5.81. The largest absolute Gasteiger partial charge is 0.447 e. The first-order valence-electron chi connectivity index (χ1n) is 11.2. The fourth-order valence-electron chi connectivity index (χ4n) is 4.32. The number of ether oxygens (including phenoxy) is 2. The molecule has 1 aromatic carbocycles. The molecular formula is C24H34N2O5. The number of amides is 3. The highest BCUT2D eigenvalue weighted by Crippen LogP contribution is 2.27. The first kappa shape index (κ1) is 23.1. The molecule has 0 radical (unpaired) electrons. The number of piperidine rings is 1. The third kappa shape index (κ3) is 5.99. The van der Waals surface area contributed by atoms with E-state index in [1.54, 1.807) is 4.90 Å². The van der Waals surface area contributed by atoms with Gasteiger partial charge in [-0.3, -0.25) is 4.79 Å². The predicted octanol–water partition coefficient (Wildman–Crippen LogP) is 4.39. The molecule has 0 bridgehead atoms. The van der Waals surface area contributed by atoms with Gasteiger partial charge in [0.1, 0.15) is 12.2 Å². The summed E-state index contributed by atoms with van der Waals surface area (Å²) < 4.78 is 10.8. The SMILES string of the molecule is CC(CC1CCCCN1C(=O)OC(C)(C)C)C(=O)N1C(=O)OCC1Cc1ccccc1. The van der Waals surface area contributed by atoms with E-state index in [0.717, 1.165) is 24.8 Å². The van der Waals surface area contributed by atoms with Gasteiger partial charge in [-0.05, 0) is 58.4 Å². The summed E-state index contributed by atoms with van der Waals surface area (Å²) in [6.45, 7) is 8.21. The van der Waals surface area contributed by atoms with Crippen LogP contribution in [-0.2, 0) is 20.7 Å². The van der Waals surface area contributed by atoms with Gasteiger partial charge in [-0.15, -0.1) is 0 Å². The quantitative estimate of drug-likeness (QED) is 0.692. The molecule has 3 amide bonds. The van der Waals surface area contributed by atoms with E-state index in [-0.39, 0.29) is 30.7 Å². The molecule has 2 saturated heterocycles. The Hall–Kier alpha value is -2.57. The number of rotatable bonds is 5. The van der Waals surface area contributed by atoms with Crippen molar-refractivity contribution in [2.45, 2.75) is 77.5 Å². The smallest absolute Gasteiger partial charge is 0.416 e. The standard InChI is InChI=1S/C24H34N2O5/c1-17(14-19-12-8-9-13-25(19)22(28)31-24(2,3)4)21(27)26-20(16-30-23(26)29)15-18-10-6-5-7-11-18/h5-7,10-11,17,19-20H,8-9,12-16H2,1-4H3. The van der Waals surface area contributed by atoms with Gasteiger partial charge >= 0.3 is 12.2 Å². The minimum absolute atomic E-state index is 0.0752. The third-order valence-corrected chi connectivity index (χ3v) is 5.81. The molecule has 0 N–H and O–H groups in total. The van der Waals surface area contributed by atoms with Crippen molar-refractivity contribution in [3.63, 3.8) is 0 Å². The minimum Gasteiger partial charge on any atom is -0.447 e. The molecule has 2 aliphatic rings. The Morgan fingerprint density at radius 3 is 2.55 bits per heavy atom. The number of carbonyl (C=O) groups excluding carboxylic acids is 3. The summed E-state index contributed by atoms with van der Waals surface area (Å²) in [5.41, 5.74) is 0.490. The van der Waals surface area contributed by atoms with E-state index in [1.165, 1.54) is 4.90 Å². The second kappa shape index (κ2) is 9.71. The number of benzene rings is 1. The van der Waals surface area contributed by atoms with E-state index in [0.29, 0.717) is 19.4 Å². The average molecular weight is 431 g/mol. The number of imide groups is 1. The molecule has 31 heavy (non-hydrogen) atoms. The topological polar surface area (TPSA) is 76.2 Å². The summed E-state index contributed by atoms with van der Waals surface area (Å²) >= 11 is 0. The van der Waals surface area contributed by atoms with Gasteiger partial charge < -0.3 is 14.4 Å². The van der Waals surface area contributed by atoms with Crippen LogP contribution in [0.15, 0.2) is 30.3 Å². The zero-order chi connectivity index (χ0) is 22.6. The molecule has 3 atom stereocenters. The van der Waals surface area contributed by atoms with E-state index >= 15 is 0 Å². The molecule has 1 aromatic rings. The number of cyclic esters (lactones) is 1. The highest BCUT2D eigenvalue weighted by molar-refractivity contribution is 5.94. The van der Waals surface area contributed by atoms with Crippen LogP contribution in [0.5, 0.6) is 0 Å². The van der Waals surface area contributed by atoms with Crippen molar-refractivity contribution in [3.8, 4) is 0 Å². The molecule has 0 spiro atoms. The van der Waals surface area contributed by atoms with Gasteiger partial charge in [0.25, 0.3) is 0 Å². The molecule has 0 saturated carbocycles. The monoisotopic (exact) mass is 430 g/mol. The molecular weight excluding hydrogens is 396 g/mol. The molecule has 0 aliphatic carbocycles. The van der Waals surface area contributed by atoms with Crippen LogP contribution in [0.3, 0.4) is 0 Å². The Bertz CT molecular complexity index is 789. The Labute approximate surface area is 184 Å². The van der Waals surface area contributed by atoms with E-state index in [9.17, 15) is 14.4 Å². The number of hydrogen-bond acceptors (Lipinski definition) is 5. The van der Waals surface area contributed by atoms with Crippen LogP contribution in [0.25, 0.3) is 0 Å². The molecule has 2 fully saturated rings. The predicted molar refractivity (Wildman–Crippen MR) is 116 cm³/mol. The molecule has 3 unspecified atom stereocenters. The van der Waals surface area contributed by atoms with Gasteiger partial charge in [-0.1, -0.05) is 37.3 Å². The molecule has 170 valence electrons. The molecule has 7 heteroatoms. The van der Waals surface area contributed by atoms with E-state index in [2.05, 4.69) is 0 Å². The van der Waals surface area contributed by atoms with E-state index < -0.39 is 17.6 Å². The van der Waals surface area contributed by atoms with Gasteiger partial charge in [0, 0.05) is 18.5 Å². The summed E-state index contributed by atoms with van der Waals surface area (Å²) in [6.07, 6.45) is 2.92. The number of likely N-dealkylation sites (tertiary alicyclic amines) is 1. The molecule has 2 aliphatic heterocycles. The lowest BCUT2D eigenvalue weighted by Gasteiger charge is -2.38. The lowest BCUT2D eigenvalue weighted by Crippen LogP contribution is -2.49. The summed E-state index contributed by atoms with van der Waals surface area (Å²) in [7, 11) is 0. The van der Waals surface area contributed by atoms with Crippen molar-refractivity contribution in [1.29, 1.82) is 0 Å². The van der Waals surface area contributed by atoms with E-state index in [4.69, 9.17) is 9.47 Å². The van der Waals surface area contributed by atoms with Crippen LogP contribution in [0, 0.1) is 5.92 Å². The Kier molecular flexibility index (Phi) is 7.23. The lowest BCUT2D eigenvalue weighted by molar-refractivity contribution is -0.133. The maximum absolute atomic E-state index is 13.2. The van der Waals surface area contributed by atoms with Crippen LogP contribution in [-0.4, -0.2) is 58.7 Å². The highest BCUT2D eigenvalue weighted by Gasteiger charge is 2.41. The Balaban J connectivity index is 1.66. The summed E-state index contributed by atoms with van der Waals surface area (Å²) in [5, 5.41) is 0. The van der Waals surface area contributed by atoms with Crippen LogP contribution >= 0.6 is 0 Å². The van der Waals surface area contributed by atoms with Gasteiger partial charge in [0.15, 0.2) is 0 Å². The fourth-order valence-corrected chi connectivity index (χ4v) is 4.32. The summed E-state index contributed by atoms with van der Waals surface area (Å²) in [5.74, 6) is -0.643. The molecule has 2 heterocycles. The second-order valence-corrected chi connectivity index (χ2v) is 9.59. The van der Waals surface area contributed by atoms with Gasteiger partial charge in [0.2, 0.25) is 5.91 Å². The molecule has 0 aromatic heterocycles. The van der Waals surface area contributed by atoms with Crippen molar-refractivity contribution in [1.82, 2.24) is 9.80 Å². The highest BCUT2D eigenvalue weighted by atomic mass is 16.6. The van der Waals surface area contributed by atoms with Crippen LogP contribution in [0.4, 0.5) is 9.59 Å². The van der Waals surface area contributed by atoms with Crippen molar-refractivity contribution >= 4 is 18.1 Å². The van der Waals surface area contributed by atoms with Crippen LogP contribution in [0.1, 0.15) is 58.9 Å². The number of nitrogens with zero attached hydrogens (tertiary/aromatic N) is 2. The molecule has 3 rings (SSSR count). The summed E-state index contributed by atoms with van der Waals surface area (Å²) in [4.78, 5) is 41.3. The molecule has 7 nitrogen and oxygen atoms in total. The first-order valence-corrected chi connectivity index (χ1v) is 11.2. The van der Waals surface area contributed by atoms with Crippen LogP contribution < -0.4 is 0 Å². The summed E-state index contributed by atoms with van der Waals surface area (Å²) in [6, 6.07) is 9.40. The zero-order valence-corrected chi connectivity index (χ0v) is 19.0. The second-order valence-electron chi connectivity index (χ2n) is 9.59. The number of hydrogen-bond donors (Lipinski definition) is 0. The van der Waals surface area contributed by atoms with Crippen molar-refractivity contribution in [2.24, 2.45) is 5.92 Å². The number of carbonyl (C=O) groups is 3. The first-order chi connectivity index (χ1) is 14.7. The fraction of sp³-hybridized carbons (Fsp3) is 0.625. The average Bonchev–Trinajstić information content (AvgIpc) is 3.07. The van der Waals surface area contributed by atoms with Gasteiger partial charge in [-0.25, -0.2) is 14.5 Å². The van der Waals surface area contributed by atoms with Crippen molar-refractivity contribution in [2.75, 3.05) is 13.2 Å². The lowest BCUT2D eigenvalue weighted by atomic mass is 9.92. The minimum atomic E-state index is -0.578. The van der Waals surface area contributed by atoms with Crippen LogP contribution in [0.2, 0.25) is 0 Å². The van der Waals surface area contributed by atoms with Gasteiger partial charge in [-0.2, -0.15) is 0 Å². The van der Waals surface area contributed by atoms with Crippen molar-refractivity contribution < 1.29 is 23.9 Å². The Morgan fingerprint density at radius 2 is 1.87 bits per heavy atom. The van der Waals surface area contributed by atoms with Crippen molar-refractivity contribution in [3.05, 3.63) is 35.9 Å². The maximum atomic E-state index is 13.2. The Morgan fingerprint density at radius 1 is 1.16 bits per heavy atom. The van der Waals surface area contributed by atoms with Gasteiger partial charge in [0.05, 0.1) is 6.04 Å². The zero-order valence-electron chi connectivity index (χ0n) is 19.0. The van der Waals surface area contributed by atoms with E-state index in [1.807, 2.05) is 58.0 Å².